The molecule has 0 spiro atoms. The van der Waals surface area contributed by atoms with E-state index in [4.69, 9.17) is 5.73 Å². The molecule has 1 aliphatic rings. The first-order chi connectivity index (χ1) is 20.2. The second-order valence-electron chi connectivity index (χ2n) is 9.95. The smallest absolute Gasteiger partial charge is 0.416 e. The van der Waals surface area contributed by atoms with E-state index in [0.29, 0.717) is 41.3 Å². The Morgan fingerprint density at radius 3 is 2.37 bits per heavy atom. The van der Waals surface area contributed by atoms with E-state index in [9.17, 15) is 37.5 Å². The van der Waals surface area contributed by atoms with Crippen molar-refractivity contribution in [2.75, 3.05) is 23.7 Å². The van der Waals surface area contributed by atoms with Crippen molar-refractivity contribution in [2.24, 2.45) is 5.73 Å². The van der Waals surface area contributed by atoms with E-state index in [0.717, 1.165) is 18.2 Å². The standard InChI is InChI=1S/C30H30F3N5O5/c1-5-37(6-2)28(25(34)39)38-16(4)24(29(42)43)15(3)23(38)14-21-20-11-10-19(13-22(20)36-27(21)41)35-26(40)17-8-7-9-18(12-17)30(31,32)33/h7-14,28H,5-6H2,1-4H3,(H2,34,39)(H,35,40)(H,36,41)(H,42,43). The van der Waals surface area contributed by atoms with E-state index >= 15 is 0 Å². The monoisotopic (exact) mass is 597 g/mol. The number of nitrogens with zero attached hydrogens (tertiary/aromatic N) is 2. The van der Waals surface area contributed by atoms with Crippen molar-refractivity contribution < 1.29 is 37.5 Å². The number of rotatable bonds is 9. The van der Waals surface area contributed by atoms with Gasteiger partial charge in [0.05, 0.1) is 22.4 Å². The van der Waals surface area contributed by atoms with Gasteiger partial charge in [-0.1, -0.05) is 26.0 Å². The minimum atomic E-state index is -4.61. The van der Waals surface area contributed by atoms with Gasteiger partial charge in [-0.25, -0.2) is 4.79 Å². The van der Waals surface area contributed by atoms with Crippen molar-refractivity contribution in [3.8, 4) is 0 Å². The Morgan fingerprint density at radius 2 is 1.79 bits per heavy atom. The molecule has 0 aliphatic carbocycles. The maximum Gasteiger partial charge on any atom is 0.416 e. The number of hydrogen-bond donors (Lipinski definition) is 4. The number of likely N-dealkylation sites (N-methyl/N-ethyl adjacent to an activating group) is 1. The number of aromatic nitrogens is 1. The molecule has 2 aromatic carbocycles. The van der Waals surface area contributed by atoms with Gasteiger partial charge < -0.3 is 26.0 Å². The minimum Gasteiger partial charge on any atom is -0.478 e. The number of anilines is 2. The number of nitrogens with two attached hydrogens (primary N) is 1. The van der Waals surface area contributed by atoms with Crippen molar-refractivity contribution in [3.05, 3.63) is 81.7 Å². The van der Waals surface area contributed by atoms with Crippen LogP contribution in [0.1, 0.15) is 68.8 Å². The molecule has 1 unspecified atom stereocenters. The highest BCUT2D eigenvalue weighted by Gasteiger charge is 2.34. The average Bonchev–Trinajstić information content (AvgIpc) is 3.37. The Bertz CT molecular complexity index is 1670. The highest BCUT2D eigenvalue weighted by atomic mass is 19.4. The van der Waals surface area contributed by atoms with Gasteiger partial charge in [0.2, 0.25) is 0 Å². The highest BCUT2D eigenvalue weighted by molar-refractivity contribution is 6.35. The van der Waals surface area contributed by atoms with Gasteiger partial charge in [-0.15, -0.1) is 0 Å². The molecule has 43 heavy (non-hydrogen) atoms. The maximum atomic E-state index is 13.1. The number of carboxylic acid groups (broad SMARTS) is 1. The van der Waals surface area contributed by atoms with Crippen LogP contribution in [0.2, 0.25) is 0 Å². The molecule has 1 aliphatic heterocycles. The first kappa shape index (κ1) is 31.0. The van der Waals surface area contributed by atoms with E-state index in [1.165, 1.54) is 28.8 Å². The first-order valence-corrected chi connectivity index (χ1v) is 13.3. The number of aromatic carboxylic acids is 1. The number of carbonyl (C=O) groups excluding carboxylic acids is 3. The molecule has 3 aromatic rings. The largest absolute Gasteiger partial charge is 0.478 e. The SMILES string of the molecule is CCN(CC)C(C(N)=O)n1c(C)c(C(=O)O)c(C)c1C=C1C(=O)Nc2cc(NC(=O)c3cccc(C(F)(F)F)c3)ccc21. The summed E-state index contributed by atoms with van der Waals surface area (Å²) in [7, 11) is 0. The molecule has 10 nitrogen and oxygen atoms in total. The molecule has 3 amide bonds. The summed E-state index contributed by atoms with van der Waals surface area (Å²) in [5, 5.41) is 15.2. The number of alkyl halides is 3. The number of benzene rings is 2. The van der Waals surface area contributed by atoms with Crippen LogP contribution in [-0.4, -0.2) is 51.4 Å². The van der Waals surface area contributed by atoms with E-state index in [1.807, 2.05) is 13.8 Å². The van der Waals surface area contributed by atoms with Gasteiger partial charge >= 0.3 is 12.1 Å². The predicted octanol–water partition coefficient (Wildman–Crippen LogP) is 4.89. The number of carboxylic acids is 1. The summed E-state index contributed by atoms with van der Waals surface area (Å²) in [6.45, 7) is 7.71. The summed E-state index contributed by atoms with van der Waals surface area (Å²) >= 11 is 0. The van der Waals surface area contributed by atoms with Crippen LogP contribution < -0.4 is 16.4 Å². The summed E-state index contributed by atoms with van der Waals surface area (Å²) < 4.78 is 40.8. The molecule has 1 atom stereocenters. The van der Waals surface area contributed by atoms with Gasteiger partial charge in [0.15, 0.2) is 6.17 Å². The molecule has 0 bridgehead atoms. The van der Waals surface area contributed by atoms with Crippen molar-refractivity contribution in [3.63, 3.8) is 0 Å². The zero-order valence-electron chi connectivity index (χ0n) is 23.8. The Labute approximate surface area is 245 Å². The Kier molecular flexibility index (Phi) is 8.49. The summed E-state index contributed by atoms with van der Waals surface area (Å²) in [5.74, 6) is -3.19. The fourth-order valence-corrected chi connectivity index (χ4v) is 5.32. The number of halogens is 3. The number of amides is 3. The van der Waals surface area contributed by atoms with Crippen LogP contribution in [0.25, 0.3) is 11.6 Å². The summed E-state index contributed by atoms with van der Waals surface area (Å²) in [6.07, 6.45) is -4.14. The zero-order valence-corrected chi connectivity index (χ0v) is 23.8. The van der Waals surface area contributed by atoms with Crippen molar-refractivity contribution >= 4 is 46.7 Å². The lowest BCUT2D eigenvalue weighted by molar-refractivity contribution is -0.137. The van der Waals surface area contributed by atoms with Crippen LogP contribution in [-0.2, 0) is 15.8 Å². The van der Waals surface area contributed by atoms with E-state index < -0.39 is 41.6 Å². The van der Waals surface area contributed by atoms with Gasteiger partial charge in [0.25, 0.3) is 17.7 Å². The lowest BCUT2D eigenvalue weighted by Crippen LogP contribution is -2.42. The molecule has 2 heterocycles. The van der Waals surface area contributed by atoms with Crippen molar-refractivity contribution in [1.29, 1.82) is 0 Å². The molecule has 5 N–H and O–H groups in total. The average molecular weight is 598 g/mol. The van der Waals surface area contributed by atoms with Crippen LogP contribution in [0.15, 0.2) is 42.5 Å². The first-order valence-electron chi connectivity index (χ1n) is 13.3. The van der Waals surface area contributed by atoms with Crippen LogP contribution in [0, 0.1) is 13.8 Å². The van der Waals surface area contributed by atoms with Gasteiger partial charge in [-0.05, 0) is 68.9 Å². The Morgan fingerprint density at radius 1 is 1.12 bits per heavy atom. The number of primary amides is 1. The number of fused-ring (bicyclic) bond motifs is 1. The molecule has 0 fully saturated rings. The number of hydrogen-bond acceptors (Lipinski definition) is 5. The lowest BCUT2D eigenvalue weighted by atomic mass is 10.0. The normalized spacial score (nSPS) is 14.5. The molecule has 226 valence electrons. The van der Waals surface area contributed by atoms with E-state index in [1.54, 1.807) is 24.8 Å². The van der Waals surface area contributed by atoms with Gasteiger partial charge in [0.1, 0.15) is 0 Å². The topological polar surface area (TPSA) is 147 Å². The Balaban J connectivity index is 1.76. The Hall–Kier alpha value is -4.91. The van der Waals surface area contributed by atoms with Crippen LogP contribution in [0.3, 0.4) is 0 Å². The molecule has 13 heteroatoms. The number of nitrogens with one attached hydrogen (secondary N) is 2. The summed E-state index contributed by atoms with van der Waals surface area (Å²) in [4.78, 5) is 52.4. The molecular weight excluding hydrogens is 567 g/mol. The van der Waals surface area contributed by atoms with E-state index in [2.05, 4.69) is 10.6 Å². The molecule has 4 rings (SSSR count). The summed E-state index contributed by atoms with van der Waals surface area (Å²) in [6, 6.07) is 8.49. The van der Waals surface area contributed by atoms with Crippen LogP contribution in [0.5, 0.6) is 0 Å². The van der Waals surface area contributed by atoms with Crippen LogP contribution in [0.4, 0.5) is 24.5 Å². The van der Waals surface area contributed by atoms with Gasteiger partial charge in [-0.3, -0.25) is 19.3 Å². The second-order valence-corrected chi connectivity index (χ2v) is 9.95. The van der Waals surface area contributed by atoms with Gasteiger partial charge in [0, 0.05) is 28.2 Å². The molecule has 1 aromatic heterocycles. The molecule has 0 saturated heterocycles. The summed E-state index contributed by atoms with van der Waals surface area (Å²) in [5.41, 5.74) is 6.71. The number of carbonyl (C=O) groups is 4. The van der Waals surface area contributed by atoms with Crippen LogP contribution >= 0.6 is 0 Å². The quantitative estimate of drug-likeness (QED) is 0.258. The van der Waals surface area contributed by atoms with Gasteiger partial charge in [-0.2, -0.15) is 13.2 Å². The maximum absolute atomic E-state index is 13.1. The third-order valence-corrected chi connectivity index (χ3v) is 7.41. The fourth-order valence-electron chi connectivity index (χ4n) is 5.32. The van der Waals surface area contributed by atoms with Crippen molar-refractivity contribution in [2.45, 2.75) is 40.0 Å². The molecule has 0 radical (unpaired) electrons. The highest BCUT2D eigenvalue weighted by Crippen LogP contribution is 2.38. The fraction of sp³-hybridized carbons (Fsp3) is 0.267. The second kappa shape index (κ2) is 11.8. The van der Waals surface area contributed by atoms with E-state index in [-0.39, 0.29) is 22.4 Å². The molecular formula is C30H30F3N5O5. The third kappa shape index (κ3) is 5.89. The molecule has 0 saturated carbocycles. The predicted molar refractivity (Wildman–Crippen MR) is 154 cm³/mol. The zero-order chi connectivity index (χ0) is 31.8. The lowest BCUT2D eigenvalue weighted by Gasteiger charge is -2.30. The van der Waals surface area contributed by atoms with Crippen molar-refractivity contribution in [1.82, 2.24) is 9.47 Å². The third-order valence-electron chi connectivity index (χ3n) is 7.41. The minimum absolute atomic E-state index is 0.0171.